The number of guanidine groups is 1. The number of hydrogen-bond donors (Lipinski definition) is 2. The molecule has 0 fully saturated rings. The number of nitrogens with zero attached hydrogens (tertiary/aromatic N) is 2. The molecule has 2 rings (SSSR count). The average molecular weight is 386 g/mol. The first-order valence-corrected chi connectivity index (χ1v) is 8.89. The molecule has 26 heavy (non-hydrogen) atoms. The van der Waals surface area contributed by atoms with Gasteiger partial charge in [0.2, 0.25) is 5.88 Å². The molecule has 0 aliphatic heterocycles. The van der Waals surface area contributed by atoms with Crippen LogP contribution in [0.2, 0.25) is 0 Å². The highest BCUT2D eigenvalue weighted by Crippen LogP contribution is 2.17. The summed E-state index contributed by atoms with van der Waals surface area (Å²) in [5, 5.41) is 6.40. The van der Waals surface area contributed by atoms with Crippen LogP contribution in [-0.2, 0) is 13.1 Å². The quantitative estimate of drug-likeness (QED) is 0.563. The lowest BCUT2D eigenvalue weighted by molar-refractivity contribution is -0.154. The minimum atomic E-state index is -4.38. The van der Waals surface area contributed by atoms with Crippen LogP contribution in [0.1, 0.15) is 22.2 Å². The number of alkyl halides is 3. The van der Waals surface area contributed by atoms with Gasteiger partial charge in [-0.15, -0.1) is 11.3 Å². The number of aryl methyl sites for hydroxylation is 1. The van der Waals surface area contributed by atoms with E-state index in [1.54, 1.807) is 17.4 Å². The zero-order chi connectivity index (χ0) is 19.0. The Labute approximate surface area is 154 Å². The number of nitrogens with one attached hydrogen (secondary N) is 2. The van der Waals surface area contributed by atoms with Gasteiger partial charge in [-0.2, -0.15) is 13.2 Å². The molecule has 0 bridgehead atoms. The lowest BCUT2D eigenvalue weighted by Gasteiger charge is -2.11. The maximum Gasteiger partial charge on any atom is 0.422 e. The van der Waals surface area contributed by atoms with E-state index in [-0.39, 0.29) is 5.88 Å². The molecule has 2 aromatic rings. The molecule has 0 saturated carbocycles. The van der Waals surface area contributed by atoms with Crippen molar-refractivity contribution in [3.8, 4) is 5.88 Å². The summed E-state index contributed by atoms with van der Waals surface area (Å²) in [6.45, 7) is 4.42. The Morgan fingerprint density at radius 3 is 2.62 bits per heavy atom. The van der Waals surface area contributed by atoms with Crippen molar-refractivity contribution in [1.29, 1.82) is 0 Å². The minimum Gasteiger partial charge on any atom is -0.468 e. The molecule has 0 aliphatic carbocycles. The fourth-order valence-corrected chi connectivity index (χ4v) is 2.84. The number of aliphatic imine (C=N–C) groups is 1. The second kappa shape index (κ2) is 9.42. The van der Waals surface area contributed by atoms with Gasteiger partial charge < -0.3 is 15.4 Å². The highest BCUT2D eigenvalue weighted by Gasteiger charge is 2.28. The summed E-state index contributed by atoms with van der Waals surface area (Å²) < 4.78 is 40.9. The molecule has 5 nitrogen and oxygen atoms in total. The number of ether oxygens (including phenoxy) is 1. The van der Waals surface area contributed by atoms with E-state index in [9.17, 15) is 13.2 Å². The summed E-state index contributed by atoms with van der Waals surface area (Å²) in [5.41, 5.74) is 0.772. The van der Waals surface area contributed by atoms with Crippen molar-refractivity contribution in [2.24, 2.45) is 4.99 Å². The van der Waals surface area contributed by atoms with Crippen LogP contribution < -0.4 is 15.4 Å². The van der Waals surface area contributed by atoms with E-state index >= 15 is 0 Å². The molecule has 0 aliphatic rings. The van der Waals surface area contributed by atoms with Crippen LogP contribution in [0.3, 0.4) is 0 Å². The third-order valence-corrected chi connectivity index (χ3v) is 4.17. The van der Waals surface area contributed by atoms with Gasteiger partial charge >= 0.3 is 6.18 Å². The molecular formula is C17H21F3N4OS. The molecule has 0 radical (unpaired) electrons. The highest BCUT2D eigenvalue weighted by molar-refractivity contribution is 7.11. The molecule has 142 valence electrons. The maximum absolute atomic E-state index is 12.1. The number of rotatable bonds is 7. The first-order valence-electron chi connectivity index (χ1n) is 8.07. The number of hydrogen-bond acceptors (Lipinski definition) is 4. The monoisotopic (exact) mass is 386 g/mol. The van der Waals surface area contributed by atoms with Gasteiger partial charge in [-0.25, -0.2) is 9.98 Å². The van der Waals surface area contributed by atoms with Gasteiger partial charge in [-0.05, 0) is 31.5 Å². The first-order chi connectivity index (χ1) is 12.4. The van der Waals surface area contributed by atoms with Crippen molar-refractivity contribution in [2.75, 3.05) is 13.2 Å². The van der Waals surface area contributed by atoms with Crippen LogP contribution in [0.4, 0.5) is 13.2 Å². The number of thiophene rings is 1. The Morgan fingerprint density at radius 2 is 2.04 bits per heavy atom. The Hall–Kier alpha value is -2.29. The summed E-state index contributed by atoms with van der Waals surface area (Å²) in [4.78, 5) is 10.8. The topological polar surface area (TPSA) is 58.5 Å². The molecular weight excluding hydrogens is 365 g/mol. The normalized spacial score (nSPS) is 12.1. The minimum absolute atomic E-state index is 0.0619. The van der Waals surface area contributed by atoms with Crippen molar-refractivity contribution in [2.45, 2.75) is 33.1 Å². The largest absolute Gasteiger partial charge is 0.468 e. The van der Waals surface area contributed by atoms with E-state index in [2.05, 4.69) is 44.4 Å². The van der Waals surface area contributed by atoms with Gasteiger partial charge in [0, 0.05) is 28.6 Å². The summed E-state index contributed by atoms with van der Waals surface area (Å²) in [6.07, 6.45) is -2.92. The van der Waals surface area contributed by atoms with E-state index in [1.807, 2.05) is 6.92 Å². The van der Waals surface area contributed by atoms with Crippen molar-refractivity contribution >= 4 is 17.3 Å². The summed E-state index contributed by atoms with van der Waals surface area (Å²) >= 11 is 1.72. The van der Waals surface area contributed by atoms with Gasteiger partial charge in [0.25, 0.3) is 0 Å². The molecule has 9 heteroatoms. The second-order valence-corrected chi connectivity index (χ2v) is 6.84. The predicted molar refractivity (Wildman–Crippen MR) is 96.5 cm³/mol. The summed E-state index contributed by atoms with van der Waals surface area (Å²) in [5.74, 6) is 0.601. The third kappa shape index (κ3) is 7.30. The Bertz CT molecular complexity index is 714. The maximum atomic E-state index is 12.1. The smallest absolute Gasteiger partial charge is 0.422 e. The van der Waals surface area contributed by atoms with Crippen LogP contribution in [0, 0.1) is 6.92 Å². The molecule has 0 saturated heterocycles. The number of pyridine rings is 1. The second-order valence-electron chi connectivity index (χ2n) is 5.47. The van der Waals surface area contributed by atoms with Crippen LogP contribution in [0.25, 0.3) is 0 Å². The molecule has 2 heterocycles. The van der Waals surface area contributed by atoms with E-state index in [1.165, 1.54) is 22.0 Å². The Morgan fingerprint density at radius 1 is 1.23 bits per heavy atom. The lowest BCUT2D eigenvalue weighted by Crippen LogP contribution is -2.36. The fraction of sp³-hybridized carbons (Fsp3) is 0.412. The van der Waals surface area contributed by atoms with Crippen molar-refractivity contribution < 1.29 is 17.9 Å². The van der Waals surface area contributed by atoms with Crippen molar-refractivity contribution in [3.63, 3.8) is 0 Å². The Kier molecular flexibility index (Phi) is 7.26. The van der Waals surface area contributed by atoms with E-state index in [4.69, 9.17) is 0 Å². The molecule has 0 aromatic carbocycles. The zero-order valence-electron chi connectivity index (χ0n) is 14.6. The van der Waals surface area contributed by atoms with Crippen LogP contribution in [0.5, 0.6) is 5.88 Å². The van der Waals surface area contributed by atoms with Crippen molar-refractivity contribution in [3.05, 3.63) is 45.8 Å². The average Bonchev–Trinajstić information content (AvgIpc) is 3.01. The third-order valence-electron chi connectivity index (χ3n) is 3.17. The van der Waals surface area contributed by atoms with E-state index in [0.717, 1.165) is 12.1 Å². The van der Waals surface area contributed by atoms with Crippen LogP contribution in [0.15, 0.2) is 35.5 Å². The molecule has 0 unspecified atom stereocenters. The van der Waals surface area contributed by atoms with Crippen LogP contribution >= 0.6 is 11.3 Å². The molecule has 0 spiro atoms. The molecule has 0 amide bonds. The van der Waals surface area contributed by atoms with Crippen molar-refractivity contribution in [1.82, 2.24) is 15.6 Å². The highest BCUT2D eigenvalue weighted by atomic mass is 32.1. The zero-order valence-corrected chi connectivity index (χ0v) is 15.4. The number of halogens is 3. The van der Waals surface area contributed by atoms with Gasteiger partial charge in [0.15, 0.2) is 12.6 Å². The van der Waals surface area contributed by atoms with E-state index < -0.39 is 12.8 Å². The van der Waals surface area contributed by atoms with Gasteiger partial charge in [-0.3, -0.25) is 0 Å². The van der Waals surface area contributed by atoms with Gasteiger partial charge in [-0.1, -0.05) is 6.07 Å². The van der Waals surface area contributed by atoms with Gasteiger partial charge in [0.05, 0.1) is 13.1 Å². The predicted octanol–water partition coefficient (Wildman–Crippen LogP) is 3.65. The first kappa shape index (κ1) is 20.0. The number of aromatic nitrogens is 1. The Balaban J connectivity index is 1.89. The molecule has 2 aromatic heterocycles. The van der Waals surface area contributed by atoms with E-state index in [0.29, 0.717) is 19.0 Å². The summed E-state index contributed by atoms with van der Waals surface area (Å²) in [6, 6.07) is 7.19. The van der Waals surface area contributed by atoms with Gasteiger partial charge in [0.1, 0.15) is 0 Å². The lowest BCUT2D eigenvalue weighted by atomic mass is 10.3. The van der Waals surface area contributed by atoms with Crippen LogP contribution in [-0.4, -0.2) is 30.3 Å². The summed E-state index contributed by atoms with van der Waals surface area (Å²) in [7, 11) is 0. The molecule has 0 atom stereocenters. The SMILES string of the molecule is CCNC(=NCc1ccc(OCC(F)(F)F)nc1)NCc1ccc(C)s1. The molecule has 2 N–H and O–H groups in total. The fourth-order valence-electron chi connectivity index (χ4n) is 2.01. The standard InChI is InChI=1S/C17H21F3N4OS/c1-3-21-16(24-10-14-6-4-12(2)26-14)23-9-13-5-7-15(22-8-13)25-11-17(18,19)20/h4-8H,3,9-11H2,1-2H3,(H2,21,23,24).